The van der Waals surface area contributed by atoms with Crippen LogP contribution in [-0.2, 0) is 10.0 Å². The lowest BCUT2D eigenvalue weighted by Crippen LogP contribution is -2.18. The molecule has 0 radical (unpaired) electrons. The van der Waals surface area contributed by atoms with Gasteiger partial charge in [0.2, 0.25) is 0 Å². The van der Waals surface area contributed by atoms with Crippen molar-refractivity contribution >= 4 is 58.9 Å². The van der Waals surface area contributed by atoms with Gasteiger partial charge in [0, 0.05) is 6.07 Å². The Bertz CT molecular complexity index is 977. The minimum absolute atomic E-state index is 0.148. The molecule has 0 bridgehead atoms. The van der Waals surface area contributed by atoms with Gasteiger partial charge in [-0.1, -0.05) is 30.3 Å². The second kappa shape index (κ2) is 6.46. The number of nitrogens with one attached hydrogen (secondary N) is 1. The maximum atomic E-state index is 12.3. The van der Waals surface area contributed by atoms with Crippen molar-refractivity contribution < 1.29 is 12.8 Å². The Morgan fingerprint density at radius 2 is 1.78 bits per heavy atom. The molecule has 1 aromatic heterocycles. The minimum atomic E-state index is -3.74. The molecule has 0 atom stereocenters. The molecule has 0 spiro atoms. The first-order valence-corrected chi connectivity index (χ1v) is 9.51. The molecule has 2 aromatic carbocycles. The standard InChI is InChI=1S/C15H10Br2N2O3S/c16-14-8-12(22-15(14)17)9-18-19-23(20,21)13-6-5-10-3-1-2-4-11(10)7-13/h1-9,19H/b18-9+. The summed E-state index contributed by atoms with van der Waals surface area (Å²) in [4.78, 5) is 2.32. The van der Waals surface area contributed by atoms with E-state index in [1.54, 1.807) is 24.3 Å². The second-order valence-corrected chi connectivity index (χ2v) is 7.87. The molecule has 8 heteroatoms. The Hall–Kier alpha value is -1.64. The number of halogens is 2. The molecule has 1 N–H and O–H groups in total. The normalized spacial score (nSPS) is 12.1. The van der Waals surface area contributed by atoms with E-state index in [0.29, 0.717) is 10.4 Å². The van der Waals surface area contributed by atoms with Crippen LogP contribution in [0.1, 0.15) is 5.76 Å². The first-order chi connectivity index (χ1) is 11.0. The predicted molar refractivity (Wildman–Crippen MR) is 96.0 cm³/mol. The lowest BCUT2D eigenvalue weighted by Gasteiger charge is -2.04. The highest BCUT2D eigenvalue weighted by atomic mass is 79.9. The van der Waals surface area contributed by atoms with Gasteiger partial charge in [-0.3, -0.25) is 0 Å². The zero-order valence-electron chi connectivity index (χ0n) is 11.5. The van der Waals surface area contributed by atoms with E-state index in [4.69, 9.17) is 4.42 Å². The summed E-state index contributed by atoms with van der Waals surface area (Å²) in [7, 11) is -3.74. The number of hydrazone groups is 1. The van der Waals surface area contributed by atoms with Crippen molar-refractivity contribution in [2.45, 2.75) is 4.90 Å². The van der Waals surface area contributed by atoms with Crippen LogP contribution in [0.4, 0.5) is 0 Å². The van der Waals surface area contributed by atoms with Crippen molar-refractivity contribution in [3.05, 3.63) is 63.4 Å². The molecule has 3 aromatic rings. The summed E-state index contributed by atoms with van der Waals surface area (Å²) in [5.41, 5.74) is 0. The van der Waals surface area contributed by atoms with Gasteiger partial charge in [0.25, 0.3) is 10.0 Å². The van der Waals surface area contributed by atoms with E-state index in [1.807, 2.05) is 24.3 Å². The van der Waals surface area contributed by atoms with Crippen molar-refractivity contribution in [3.63, 3.8) is 0 Å². The highest BCUT2D eigenvalue weighted by Gasteiger charge is 2.13. The van der Waals surface area contributed by atoms with Gasteiger partial charge in [0.1, 0.15) is 5.76 Å². The SMILES string of the molecule is O=S(=O)(N/N=C/c1cc(Br)c(Br)o1)c1ccc2ccccc2c1. The molecule has 3 rings (SSSR count). The van der Waals surface area contributed by atoms with Gasteiger partial charge in [0.15, 0.2) is 4.67 Å². The van der Waals surface area contributed by atoms with Crippen molar-refractivity contribution in [1.82, 2.24) is 4.83 Å². The zero-order valence-corrected chi connectivity index (χ0v) is 15.5. The van der Waals surface area contributed by atoms with E-state index in [2.05, 4.69) is 41.8 Å². The van der Waals surface area contributed by atoms with Crippen LogP contribution in [0.3, 0.4) is 0 Å². The van der Waals surface area contributed by atoms with Gasteiger partial charge >= 0.3 is 0 Å². The molecule has 118 valence electrons. The Balaban J connectivity index is 1.82. The van der Waals surface area contributed by atoms with Crippen LogP contribution < -0.4 is 4.83 Å². The third-order valence-corrected chi connectivity index (χ3v) is 5.99. The van der Waals surface area contributed by atoms with E-state index in [9.17, 15) is 8.42 Å². The van der Waals surface area contributed by atoms with Crippen molar-refractivity contribution in [2.24, 2.45) is 5.10 Å². The summed E-state index contributed by atoms with van der Waals surface area (Å²) in [6.07, 6.45) is 1.29. The molecule has 0 aliphatic rings. The fourth-order valence-electron chi connectivity index (χ4n) is 1.97. The number of fused-ring (bicyclic) bond motifs is 1. The topological polar surface area (TPSA) is 71.7 Å². The van der Waals surface area contributed by atoms with Gasteiger partial charge in [0.05, 0.1) is 15.6 Å². The highest BCUT2D eigenvalue weighted by molar-refractivity contribution is 9.13. The monoisotopic (exact) mass is 456 g/mol. The number of hydrogen-bond donors (Lipinski definition) is 1. The summed E-state index contributed by atoms with van der Waals surface area (Å²) in [5.74, 6) is 0.407. The highest BCUT2D eigenvalue weighted by Crippen LogP contribution is 2.25. The Morgan fingerprint density at radius 3 is 2.48 bits per heavy atom. The first-order valence-electron chi connectivity index (χ1n) is 6.44. The molecule has 0 aliphatic carbocycles. The fourth-order valence-corrected chi connectivity index (χ4v) is 3.41. The maximum Gasteiger partial charge on any atom is 0.276 e. The lowest BCUT2D eigenvalue weighted by molar-refractivity contribution is 0.532. The van der Waals surface area contributed by atoms with E-state index < -0.39 is 10.0 Å². The second-order valence-electron chi connectivity index (χ2n) is 4.63. The van der Waals surface area contributed by atoms with Crippen molar-refractivity contribution in [1.29, 1.82) is 0 Å². The van der Waals surface area contributed by atoms with E-state index in [-0.39, 0.29) is 4.90 Å². The van der Waals surface area contributed by atoms with Crippen molar-refractivity contribution in [3.8, 4) is 0 Å². The van der Waals surface area contributed by atoms with Gasteiger partial charge in [-0.05, 0) is 54.8 Å². The summed E-state index contributed by atoms with van der Waals surface area (Å²) in [5, 5.41) is 5.54. The number of furan rings is 1. The zero-order chi connectivity index (χ0) is 16.4. The Morgan fingerprint density at radius 1 is 1.04 bits per heavy atom. The maximum absolute atomic E-state index is 12.3. The quantitative estimate of drug-likeness (QED) is 0.469. The van der Waals surface area contributed by atoms with Crippen LogP contribution in [0.25, 0.3) is 10.8 Å². The molecule has 5 nitrogen and oxygen atoms in total. The van der Waals surface area contributed by atoms with Crippen LogP contribution in [0.2, 0.25) is 0 Å². The molecular formula is C15H10Br2N2O3S. The number of sulfonamides is 1. The third kappa shape index (κ3) is 3.65. The molecule has 0 saturated carbocycles. The minimum Gasteiger partial charge on any atom is -0.447 e. The van der Waals surface area contributed by atoms with Crippen LogP contribution in [-0.4, -0.2) is 14.6 Å². The molecule has 0 unspecified atom stereocenters. The first kappa shape index (κ1) is 16.2. The van der Waals surface area contributed by atoms with Gasteiger partial charge < -0.3 is 4.42 Å². The molecule has 0 amide bonds. The van der Waals surface area contributed by atoms with Gasteiger partial charge in [-0.2, -0.15) is 18.4 Å². The molecular weight excluding hydrogens is 448 g/mol. The van der Waals surface area contributed by atoms with Crippen LogP contribution in [0, 0.1) is 0 Å². The fraction of sp³-hybridized carbons (Fsp3) is 0. The smallest absolute Gasteiger partial charge is 0.276 e. The van der Waals surface area contributed by atoms with E-state index in [0.717, 1.165) is 15.2 Å². The molecule has 0 aliphatic heterocycles. The molecule has 0 saturated heterocycles. The average Bonchev–Trinajstić information content (AvgIpc) is 2.85. The largest absolute Gasteiger partial charge is 0.447 e. The van der Waals surface area contributed by atoms with E-state index in [1.165, 1.54) is 6.21 Å². The molecule has 23 heavy (non-hydrogen) atoms. The van der Waals surface area contributed by atoms with Crippen LogP contribution in [0.15, 0.2) is 72.1 Å². The van der Waals surface area contributed by atoms with Crippen molar-refractivity contribution in [2.75, 3.05) is 0 Å². The summed E-state index contributed by atoms with van der Waals surface area (Å²) in [6.45, 7) is 0. The number of hydrogen-bond acceptors (Lipinski definition) is 4. The average molecular weight is 458 g/mol. The summed E-state index contributed by atoms with van der Waals surface area (Å²) in [6, 6.07) is 14.1. The summed E-state index contributed by atoms with van der Waals surface area (Å²) >= 11 is 6.46. The Labute approximate surface area is 149 Å². The van der Waals surface area contributed by atoms with Crippen LogP contribution >= 0.6 is 31.9 Å². The van der Waals surface area contributed by atoms with E-state index >= 15 is 0 Å². The number of nitrogens with zero attached hydrogens (tertiary/aromatic N) is 1. The lowest BCUT2D eigenvalue weighted by atomic mass is 10.1. The Kier molecular flexibility index (Phi) is 4.56. The number of rotatable bonds is 4. The molecule has 0 fully saturated rings. The summed E-state index contributed by atoms with van der Waals surface area (Å²) < 4.78 is 31.0. The third-order valence-electron chi connectivity index (χ3n) is 3.06. The van der Waals surface area contributed by atoms with Gasteiger partial charge in [-0.25, -0.2) is 0 Å². The number of benzene rings is 2. The molecule has 1 heterocycles. The van der Waals surface area contributed by atoms with Gasteiger partial charge in [-0.15, -0.1) is 0 Å². The van der Waals surface area contributed by atoms with Crippen LogP contribution in [0.5, 0.6) is 0 Å². The predicted octanol–water partition coefficient (Wildman–Crippen LogP) is 4.27.